The van der Waals surface area contributed by atoms with Crippen molar-refractivity contribution >= 4 is 11.9 Å². The van der Waals surface area contributed by atoms with Crippen LogP contribution in [0, 0.1) is 5.92 Å². The summed E-state index contributed by atoms with van der Waals surface area (Å²) in [6.07, 6.45) is 9.61. The first kappa shape index (κ1) is 16.0. The summed E-state index contributed by atoms with van der Waals surface area (Å²) in [5, 5.41) is 8.89. The first-order valence-electron chi connectivity index (χ1n) is 7.65. The zero-order valence-corrected chi connectivity index (χ0v) is 12.1. The lowest BCUT2D eigenvalue weighted by atomic mass is 10.1. The topological polar surface area (TPSA) is 57.6 Å². The van der Waals surface area contributed by atoms with Crippen LogP contribution in [0.15, 0.2) is 0 Å². The summed E-state index contributed by atoms with van der Waals surface area (Å²) in [7, 11) is 0. The Hall–Kier alpha value is -1.06. The SMILES string of the molecule is CCCCCCCCCC(=O)N1CCC(C(=O)O)C1. The molecule has 1 saturated heterocycles. The molecule has 1 rings (SSSR count). The number of carboxylic acids is 1. The van der Waals surface area contributed by atoms with Gasteiger partial charge in [-0.3, -0.25) is 9.59 Å². The van der Waals surface area contributed by atoms with Gasteiger partial charge in [-0.25, -0.2) is 0 Å². The monoisotopic (exact) mass is 269 g/mol. The molecule has 0 aliphatic carbocycles. The summed E-state index contributed by atoms with van der Waals surface area (Å²) in [5.41, 5.74) is 0. The molecule has 0 aromatic rings. The molecule has 19 heavy (non-hydrogen) atoms. The minimum absolute atomic E-state index is 0.136. The van der Waals surface area contributed by atoms with Gasteiger partial charge in [-0.15, -0.1) is 0 Å². The van der Waals surface area contributed by atoms with Crippen LogP contribution in [0.5, 0.6) is 0 Å². The molecule has 1 aliphatic heterocycles. The molecule has 4 nitrogen and oxygen atoms in total. The van der Waals surface area contributed by atoms with Crippen molar-refractivity contribution in [2.75, 3.05) is 13.1 Å². The molecule has 1 N–H and O–H groups in total. The lowest BCUT2D eigenvalue weighted by Gasteiger charge is -2.15. The molecular formula is C15H27NO3. The second-order valence-electron chi connectivity index (χ2n) is 5.53. The summed E-state index contributed by atoms with van der Waals surface area (Å²) in [6, 6.07) is 0. The molecule has 0 saturated carbocycles. The lowest BCUT2D eigenvalue weighted by Crippen LogP contribution is -2.29. The number of hydrogen-bond acceptors (Lipinski definition) is 2. The highest BCUT2D eigenvalue weighted by Gasteiger charge is 2.30. The number of likely N-dealkylation sites (tertiary alicyclic amines) is 1. The van der Waals surface area contributed by atoms with Crippen LogP contribution in [0.1, 0.15) is 64.7 Å². The van der Waals surface area contributed by atoms with Gasteiger partial charge in [-0.2, -0.15) is 0 Å². The Morgan fingerprint density at radius 3 is 2.32 bits per heavy atom. The third-order valence-corrected chi connectivity index (χ3v) is 3.88. The van der Waals surface area contributed by atoms with E-state index in [9.17, 15) is 9.59 Å². The smallest absolute Gasteiger partial charge is 0.308 e. The van der Waals surface area contributed by atoms with Crippen molar-refractivity contribution in [1.82, 2.24) is 4.90 Å². The van der Waals surface area contributed by atoms with Crippen LogP contribution < -0.4 is 0 Å². The van der Waals surface area contributed by atoms with E-state index in [1.54, 1.807) is 4.90 Å². The van der Waals surface area contributed by atoms with E-state index in [2.05, 4.69) is 6.92 Å². The molecule has 1 aliphatic rings. The Bertz CT molecular complexity index is 291. The number of unbranched alkanes of at least 4 members (excludes halogenated alkanes) is 6. The quantitative estimate of drug-likeness (QED) is 0.654. The van der Waals surface area contributed by atoms with E-state index in [1.165, 1.54) is 32.1 Å². The van der Waals surface area contributed by atoms with E-state index in [0.717, 1.165) is 12.8 Å². The van der Waals surface area contributed by atoms with E-state index >= 15 is 0 Å². The molecule has 1 amide bonds. The Morgan fingerprint density at radius 1 is 1.11 bits per heavy atom. The van der Waals surface area contributed by atoms with Crippen molar-refractivity contribution in [1.29, 1.82) is 0 Å². The Kier molecular flexibility index (Phi) is 7.53. The van der Waals surface area contributed by atoms with Crippen LogP contribution in [0.3, 0.4) is 0 Å². The third kappa shape index (κ3) is 6.08. The van der Waals surface area contributed by atoms with E-state index in [1.807, 2.05) is 0 Å². The van der Waals surface area contributed by atoms with Crippen molar-refractivity contribution < 1.29 is 14.7 Å². The van der Waals surface area contributed by atoms with Gasteiger partial charge in [0.1, 0.15) is 0 Å². The van der Waals surface area contributed by atoms with Gasteiger partial charge in [0.2, 0.25) is 5.91 Å². The van der Waals surface area contributed by atoms with Gasteiger partial charge in [-0.05, 0) is 12.8 Å². The number of carboxylic acid groups (broad SMARTS) is 1. The molecule has 0 radical (unpaired) electrons. The zero-order chi connectivity index (χ0) is 14.1. The molecule has 0 aromatic carbocycles. The summed E-state index contributed by atoms with van der Waals surface area (Å²) < 4.78 is 0. The highest BCUT2D eigenvalue weighted by Crippen LogP contribution is 2.18. The van der Waals surface area contributed by atoms with Gasteiger partial charge < -0.3 is 10.0 Å². The fourth-order valence-electron chi connectivity index (χ4n) is 2.58. The maximum absolute atomic E-state index is 11.9. The van der Waals surface area contributed by atoms with Crippen molar-refractivity contribution in [3.8, 4) is 0 Å². The van der Waals surface area contributed by atoms with E-state index in [0.29, 0.717) is 25.9 Å². The Labute approximate surface area is 116 Å². The second kappa shape index (κ2) is 8.94. The number of aliphatic carboxylic acids is 1. The van der Waals surface area contributed by atoms with Crippen LogP contribution in [-0.4, -0.2) is 35.0 Å². The molecule has 1 heterocycles. The summed E-state index contributed by atoms with van der Waals surface area (Å²) in [6.45, 7) is 3.23. The molecule has 1 fully saturated rings. The fraction of sp³-hybridized carbons (Fsp3) is 0.867. The standard InChI is InChI=1S/C15H27NO3/c1-2-3-4-5-6-7-8-9-14(17)16-11-10-13(12-16)15(18)19/h13H,2-12H2,1H3,(H,18,19). The molecule has 1 atom stereocenters. The highest BCUT2D eigenvalue weighted by atomic mass is 16.4. The first-order chi connectivity index (χ1) is 9.15. The molecule has 0 bridgehead atoms. The van der Waals surface area contributed by atoms with Gasteiger partial charge in [0.05, 0.1) is 5.92 Å². The van der Waals surface area contributed by atoms with E-state index in [-0.39, 0.29) is 11.8 Å². The maximum Gasteiger partial charge on any atom is 0.308 e. The average molecular weight is 269 g/mol. The minimum atomic E-state index is -0.772. The number of amides is 1. The van der Waals surface area contributed by atoms with Crippen molar-refractivity contribution in [3.05, 3.63) is 0 Å². The van der Waals surface area contributed by atoms with Crippen molar-refractivity contribution in [3.63, 3.8) is 0 Å². The number of carbonyl (C=O) groups excluding carboxylic acids is 1. The normalized spacial score (nSPS) is 18.8. The van der Waals surface area contributed by atoms with Crippen LogP contribution in [-0.2, 0) is 9.59 Å². The highest BCUT2D eigenvalue weighted by molar-refractivity contribution is 5.78. The molecule has 0 aromatic heterocycles. The fourth-order valence-corrected chi connectivity index (χ4v) is 2.58. The molecule has 1 unspecified atom stereocenters. The van der Waals surface area contributed by atoms with Crippen LogP contribution in [0.25, 0.3) is 0 Å². The predicted octanol–water partition coefficient (Wildman–Crippen LogP) is 3.06. The lowest BCUT2D eigenvalue weighted by molar-refractivity contribution is -0.141. The minimum Gasteiger partial charge on any atom is -0.481 e. The Morgan fingerprint density at radius 2 is 1.74 bits per heavy atom. The first-order valence-corrected chi connectivity index (χ1v) is 7.65. The third-order valence-electron chi connectivity index (χ3n) is 3.88. The summed E-state index contributed by atoms with van der Waals surface area (Å²) in [5.74, 6) is -0.985. The van der Waals surface area contributed by atoms with Gasteiger partial charge in [-0.1, -0.05) is 45.4 Å². The molecular weight excluding hydrogens is 242 g/mol. The van der Waals surface area contributed by atoms with E-state index in [4.69, 9.17) is 5.11 Å². The molecule has 4 heteroatoms. The largest absolute Gasteiger partial charge is 0.481 e. The number of rotatable bonds is 9. The number of hydrogen-bond donors (Lipinski definition) is 1. The zero-order valence-electron chi connectivity index (χ0n) is 12.1. The number of nitrogens with zero attached hydrogens (tertiary/aromatic N) is 1. The van der Waals surface area contributed by atoms with Gasteiger partial charge in [0.15, 0.2) is 0 Å². The van der Waals surface area contributed by atoms with Gasteiger partial charge in [0.25, 0.3) is 0 Å². The molecule has 110 valence electrons. The summed E-state index contributed by atoms with van der Waals surface area (Å²) >= 11 is 0. The van der Waals surface area contributed by atoms with Crippen molar-refractivity contribution in [2.45, 2.75) is 64.7 Å². The summed E-state index contributed by atoms with van der Waals surface area (Å²) in [4.78, 5) is 24.4. The Balaban J connectivity index is 2.04. The van der Waals surface area contributed by atoms with E-state index < -0.39 is 5.97 Å². The average Bonchev–Trinajstić information content (AvgIpc) is 2.87. The maximum atomic E-state index is 11.9. The van der Waals surface area contributed by atoms with Gasteiger partial charge >= 0.3 is 5.97 Å². The second-order valence-corrected chi connectivity index (χ2v) is 5.53. The van der Waals surface area contributed by atoms with Crippen LogP contribution in [0.2, 0.25) is 0 Å². The van der Waals surface area contributed by atoms with Gasteiger partial charge in [0, 0.05) is 19.5 Å². The predicted molar refractivity (Wildman–Crippen MR) is 74.9 cm³/mol. The van der Waals surface area contributed by atoms with Crippen molar-refractivity contribution in [2.24, 2.45) is 5.92 Å². The number of carbonyl (C=O) groups is 2. The van der Waals surface area contributed by atoms with Crippen LogP contribution >= 0.6 is 0 Å². The molecule has 0 spiro atoms. The van der Waals surface area contributed by atoms with Crippen LogP contribution in [0.4, 0.5) is 0 Å².